The molecule has 0 bridgehead atoms. The molecule has 1 aromatic heterocycles. The Bertz CT molecular complexity index is 565. The number of nitrogens with zero attached hydrogens (tertiary/aromatic N) is 1. The van der Waals surface area contributed by atoms with Crippen molar-refractivity contribution in [1.82, 2.24) is 15.6 Å². The molecule has 0 saturated carbocycles. The van der Waals surface area contributed by atoms with E-state index in [-0.39, 0.29) is 5.91 Å². The van der Waals surface area contributed by atoms with Crippen LogP contribution in [-0.4, -0.2) is 48.2 Å². The first-order valence-corrected chi connectivity index (χ1v) is 8.45. The molecular weight excluding hydrogens is 318 g/mol. The largest absolute Gasteiger partial charge is 0.452 e. The second-order valence-electron chi connectivity index (χ2n) is 4.72. The highest BCUT2D eigenvalue weighted by molar-refractivity contribution is 7.98. The molecule has 0 saturated heterocycles. The number of carbonyl (C=O) groups excluding carboxylic acids is 3. The molecule has 126 valence electrons. The lowest BCUT2D eigenvalue weighted by atomic mass is 10.3. The second-order valence-corrected chi connectivity index (χ2v) is 5.51. The first-order chi connectivity index (χ1) is 11.0. The van der Waals surface area contributed by atoms with E-state index in [1.165, 1.54) is 11.8 Å². The number of thioether (sulfide) groups is 1. The van der Waals surface area contributed by atoms with Crippen molar-refractivity contribution in [3.8, 4) is 0 Å². The number of esters is 1. The van der Waals surface area contributed by atoms with Crippen LogP contribution in [0.2, 0.25) is 0 Å². The number of rotatable bonds is 8. The molecule has 0 aliphatic carbocycles. The fourth-order valence-electron chi connectivity index (χ4n) is 1.67. The summed E-state index contributed by atoms with van der Waals surface area (Å²) in [4.78, 5) is 39.4. The first-order valence-electron chi connectivity index (χ1n) is 7.22. The molecule has 0 spiro atoms. The average molecular weight is 339 g/mol. The van der Waals surface area contributed by atoms with Crippen molar-refractivity contribution in [2.24, 2.45) is 0 Å². The Hall–Kier alpha value is -2.09. The molecule has 23 heavy (non-hydrogen) atoms. The molecule has 0 unspecified atom stereocenters. The third-order valence-electron chi connectivity index (χ3n) is 2.84. The predicted octanol–water partition coefficient (Wildman–Crippen LogP) is 0.991. The van der Waals surface area contributed by atoms with E-state index in [2.05, 4.69) is 15.6 Å². The van der Waals surface area contributed by atoms with Crippen molar-refractivity contribution < 1.29 is 19.1 Å². The van der Waals surface area contributed by atoms with Crippen LogP contribution in [0.5, 0.6) is 0 Å². The Morgan fingerprint density at radius 1 is 1.39 bits per heavy atom. The lowest BCUT2D eigenvalue weighted by Gasteiger charge is -2.14. The van der Waals surface area contributed by atoms with Crippen molar-refractivity contribution in [2.45, 2.75) is 31.3 Å². The molecule has 2 amide bonds. The summed E-state index contributed by atoms with van der Waals surface area (Å²) in [5, 5.41) is 5.68. The van der Waals surface area contributed by atoms with Crippen molar-refractivity contribution in [3.63, 3.8) is 0 Å². The number of ether oxygens (including phenoxy) is 1. The highest BCUT2D eigenvalue weighted by Crippen LogP contribution is 2.17. The minimum absolute atomic E-state index is 0.275. The maximum Gasteiger partial charge on any atom is 0.341 e. The third-order valence-corrected chi connectivity index (χ3v) is 3.55. The number of amides is 2. The Labute approximate surface area is 139 Å². The molecule has 1 rings (SSSR count). The smallest absolute Gasteiger partial charge is 0.341 e. The quantitative estimate of drug-likeness (QED) is 0.541. The topological polar surface area (TPSA) is 97.4 Å². The second kappa shape index (κ2) is 9.83. The van der Waals surface area contributed by atoms with Gasteiger partial charge in [-0.2, -0.15) is 0 Å². The van der Waals surface area contributed by atoms with Gasteiger partial charge in [0.25, 0.3) is 5.91 Å². The number of carbonyl (C=O) groups is 3. The molecule has 0 aromatic carbocycles. The summed E-state index contributed by atoms with van der Waals surface area (Å²) in [5.41, 5.74) is 0.307. The van der Waals surface area contributed by atoms with Gasteiger partial charge in [-0.25, -0.2) is 9.78 Å². The molecule has 1 aromatic rings. The van der Waals surface area contributed by atoms with Gasteiger partial charge in [0.05, 0.1) is 5.56 Å². The van der Waals surface area contributed by atoms with E-state index < -0.39 is 24.5 Å². The fraction of sp³-hybridized carbons (Fsp3) is 0.467. The Morgan fingerprint density at radius 2 is 2.13 bits per heavy atom. The Balaban J connectivity index is 2.46. The molecular formula is C15H21N3O4S. The number of hydrogen-bond donors (Lipinski definition) is 2. The van der Waals surface area contributed by atoms with Crippen molar-refractivity contribution >= 4 is 29.5 Å². The summed E-state index contributed by atoms with van der Waals surface area (Å²) in [6.07, 6.45) is 4.18. The van der Waals surface area contributed by atoms with E-state index in [0.29, 0.717) is 17.1 Å². The summed E-state index contributed by atoms with van der Waals surface area (Å²) in [7, 11) is 0. The number of aromatic nitrogens is 1. The normalized spacial score (nSPS) is 11.4. The highest BCUT2D eigenvalue weighted by Gasteiger charge is 2.18. The van der Waals surface area contributed by atoms with Crippen LogP contribution in [0, 0.1) is 0 Å². The van der Waals surface area contributed by atoms with Gasteiger partial charge in [0, 0.05) is 12.7 Å². The minimum atomic E-state index is -0.687. The monoisotopic (exact) mass is 339 g/mol. The molecule has 2 N–H and O–H groups in total. The van der Waals surface area contributed by atoms with Gasteiger partial charge in [0.15, 0.2) is 6.61 Å². The van der Waals surface area contributed by atoms with Crippen molar-refractivity contribution in [3.05, 3.63) is 23.9 Å². The van der Waals surface area contributed by atoms with Crippen LogP contribution in [0.1, 0.15) is 30.6 Å². The SMILES string of the molecule is CCCNC(=O)[C@H](C)NC(=O)COC(=O)c1cccnc1SC. The lowest BCUT2D eigenvalue weighted by Crippen LogP contribution is -2.46. The molecule has 0 radical (unpaired) electrons. The van der Waals surface area contributed by atoms with Crippen LogP contribution in [-0.2, 0) is 14.3 Å². The van der Waals surface area contributed by atoms with Gasteiger partial charge >= 0.3 is 5.97 Å². The molecule has 1 atom stereocenters. The third kappa shape index (κ3) is 6.27. The zero-order valence-corrected chi connectivity index (χ0v) is 14.2. The minimum Gasteiger partial charge on any atom is -0.452 e. The summed E-state index contributed by atoms with van der Waals surface area (Å²) in [5.74, 6) is -1.43. The van der Waals surface area contributed by atoms with E-state index in [9.17, 15) is 14.4 Å². The van der Waals surface area contributed by atoms with Gasteiger partial charge in [-0.1, -0.05) is 6.92 Å². The summed E-state index contributed by atoms with van der Waals surface area (Å²) >= 11 is 1.31. The van der Waals surface area contributed by atoms with E-state index in [1.807, 2.05) is 6.92 Å². The molecule has 0 aliphatic heterocycles. The number of nitrogens with one attached hydrogen (secondary N) is 2. The molecule has 0 aliphatic rings. The van der Waals surface area contributed by atoms with Gasteiger partial charge in [0.2, 0.25) is 5.91 Å². The van der Waals surface area contributed by atoms with E-state index in [0.717, 1.165) is 6.42 Å². The van der Waals surface area contributed by atoms with Crippen molar-refractivity contribution in [2.75, 3.05) is 19.4 Å². The van der Waals surface area contributed by atoms with Gasteiger partial charge in [-0.3, -0.25) is 9.59 Å². The van der Waals surface area contributed by atoms with Crippen LogP contribution >= 0.6 is 11.8 Å². The van der Waals surface area contributed by atoms with E-state index >= 15 is 0 Å². The highest BCUT2D eigenvalue weighted by atomic mass is 32.2. The lowest BCUT2D eigenvalue weighted by molar-refractivity contribution is -0.130. The Morgan fingerprint density at radius 3 is 2.78 bits per heavy atom. The van der Waals surface area contributed by atoms with Gasteiger partial charge in [0.1, 0.15) is 11.1 Å². The maximum atomic E-state index is 12.0. The Kier molecular flexibility index (Phi) is 8.10. The van der Waals surface area contributed by atoms with Crippen LogP contribution in [0.25, 0.3) is 0 Å². The van der Waals surface area contributed by atoms with Gasteiger partial charge in [-0.05, 0) is 31.7 Å². The first kappa shape index (κ1) is 19.0. The van der Waals surface area contributed by atoms with Crippen LogP contribution < -0.4 is 10.6 Å². The zero-order valence-electron chi connectivity index (χ0n) is 13.4. The number of hydrogen-bond acceptors (Lipinski definition) is 6. The van der Waals surface area contributed by atoms with Crippen molar-refractivity contribution in [1.29, 1.82) is 0 Å². The molecule has 7 nitrogen and oxygen atoms in total. The van der Waals surface area contributed by atoms with E-state index in [1.54, 1.807) is 31.5 Å². The van der Waals surface area contributed by atoms with Crippen LogP contribution in [0.4, 0.5) is 0 Å². The maximum absolute atomic E-state index is 12.0. The standard InChI is InChI=1S/C15H21N3O4S/c1-4-7-16-13(20)10(2)18-12(19)9-22-15(21)11-6-5-8-17-14(11)23-3/h5-6,8,10H,4,7,9H2,1-3H3,(H,16,20)(H,18,19)/t10-/m0/s1. The number of pyridine rings is 1. The fourth-order valence-corrected chi connectivity index (χ4v) is 2.21. The predicted molar refractivity (Wildman–Crippen MR) is 87.2 cm³/mol. The van der Waals surface area contributed by atoms with Gasteiger partial charge in [-0.15, -0.1) is 11.8 Å². The summed E-state index contributed by atoms with van der Waals surface area (Å²) in [6.45, 7) is 3.60. The average Bonchev–Trinajstić information content (AvgIpc) is 2.57. The van der Waals surface area contributed by atoms with Crippen LogP contribution in [0.3, 0.4) is 0 Å². The molecule has 0 fully saturated rings. The van der Waals surface area contributed by atoms with Gasteiger partial charge < -0.3 is 15.4 Å². The summed E-state index contributed by atoms with van der Waals surface area (Å²) < 4.78 is 4.96. The molecule has 1 heterocycles. The zero-order chi connectivity index (χ0) is 17.2. The van der Waals surface area contributed by atoms with E-state index in [4.69, 9.17) is 4.74 Å². The molecule has 8 heteroatoms. The summed E-state index contributed by atoms with van der Waals surface area (Å²) in [6, 6.07) is 2.52. The van der Waals surface area contributed by atoms with Crippen LogP contribution in [0.15, 0.2) is 23.4 Å².